The van der Waals surface area contributed by atoms with Crippen molar-refractivity contribution < 1.29 is 4.39 Å². The molecule has 3 rings (SSSR count). The predicted octanol–water partition coefficient (Wildman–Crippen LogP) is 3.30. The second-order valence-electron chi connectivity index (χ2n) is 4.49. The Kier molecular flexibility index (Phi) is 3.42. The highest BCUT2D eigenvalue weighted by molar-refractivity contribution is 6.29. The Morgan fingerprint density at radius 1 is 1.15 bits per heavy atom. The summed E-state index contributed by atoms with van der Waals surface area (Å²) >= 11 is 6.25. The van der Waals surface area contributed by atoms with E-state index in [0.717, 1.165) is 22.6 Å². The third-order valence-electron chi connectivity index (χ3n) is 3.19. The maximum absolute atomic E-state index is 13.1. The number of halogens is 2. The Morgan fingerprint density at radius 2 is 1.90 bits per heavy atom. The van der Waals surface area contributed by atoms with Crippen molar-refractivity contribution in [1.82, 2.24) is 9.38 Å². The Balaban J connectivity index is 2.26. The lowest BCUT2D eigenvalue weighted by atomic mass is 10.1. The summed E-state index contributed by atoms with van der Waals surface area (Å²) < 4.78 is 14.9. The molecule has 0 aliphatic rings. The van der Waals surface area contributed by atoms with Crippen LogP contribution in [0.25, 0.3) is 16.9 Å². The van der Waals surface area contributed by atoms with Crippen LogP contribution in [0.15, 0.2) is 42.5 Å². The molecule has 0 saturated heterocycles. The van der Waals surface area contributed by atoms with Crippen molar-refractivity contribution in [2.45, 2.75) is 6.42 Å². The fourth-order valence-electron chi connectivity index (χ4n) is 2.32. The zero-order chi connectivity index (χ0) is 14.1. The van der Waals surface area contributed by atoms with Gasteiger partial charge in [0.25, 0.3) is 0 Å². The van der Waals surface area contributed by atoms with E-state index in [1.54, 1.807) is 12.1 Å². The molecule has 0 spiro atoms. The van der Waals surface area contributed by atoms with Crippen LogP contribution in [-0.2, 0) is 6.42 Å². The minimum absolute atomic E-state index is 0.268. The second-order valence-corrected chi connectivity index (χ2v) is 4.88. The van der Waals surface area contributed by atoms with Gasteiger partial charge in [-0.15, -0.1) is 0 Å². The summed E-state index contributed by atoms with van der Waals surface area (Å²) in [4.78, 5) is 4.59. The second kappa shape index (κ2) is 5.23. The topological polar surface area (TPSA) is 43.3 Å². The monoisotopic (exact) mass is 289 g/mol. The van der Waals surface area contributed by atoms with Crippen molar-refractivity contribution in [2.75, 3.05) is 6.54 Å². The van der Waals surface area contributed by atoms with E-state index in [1.165, 1.54) is 12.1 Å². The molecule has 0 aliphatic heterocycles. The van der Waals surface area contributed by atoms with E-state index in [2.05, 4.69) is 4.98 Å². The van der Waals surface area contributed by atoms with Crippen LogP contribution < -0.4 is 5.73 Å². The Labute approximate surface area is 120 Å². The van der Waals surface area contributed by atoms with Gasteiger partial charge in [-0.3, -0.25) is 4.40 Å². The highest BCUT2D eigenvalue weighted by Gasteiger charge is 2.15. The number of benzene rings is 1. The van der Waals surface area contributed by atoms with Gasteiger partial charge in [-0.05, 0) is 42.9 Å². The lowest BCUT2D eigenvalue weighted by molar-refractivity contribution is 0.628. The molecule has 0 radical (unpaired) electrons. The van der Waals surface area contributed by atoms with Crippen molar-refractivity contribution in [3.8, 4) is 11.3 Å². The van der Waals surface area contributed by atoms with Gasteiger partial charge in [0, 0.05) is 12.0 Å². The van der Waals surface area contributed by atoms with Gasteiger partial charge in [0.1, 0.15) is 16.6 Å². The number of hydrogen-bond acceptors (Lipinski definition) is 2. The van der Waals surface area contributed by atoms with Crippen LogP contribution in [0.1, 0.15) is 5.69 Å². The molecule has 0 atom stereocenters. The van der Waals surface area contributed by atoms with Crippen molar-refractivity contribution in [3.05, 3.63) is 59.1 Å². The minimum Gasteiger partial charge on any atom is -0.330 e. The van der Waals surface area contributed by atoms with Gasteiger partial charge in [-0.1, -0.05) is 17.7 Å². The number of rotatable bonds is 3. The summed E-state index contributed by atoms with van der Waals surface area (Å²) in [7, 11) is 0. The summed E-state index contributed by atoms with van der Waals surface area (Å²) in [6.45, 7) is 0.493. The fraction of sp³-hybridized carbons (Fsp3) is 0.133. The maximum atomic E-state index is 13.1. The summed E-state index contributed by atoms with van der Waals surface area (Å²) in [6, 6.07) is 11.8. The molecule has 20 heavy (non-hydrogen) atoms. The molecule has 2 aromatic heterocycles. The molecule has 0 fully saturated rings. The smallest absolute Gasteiger partial charge is 0.138 e. The van der Waals surface area contributed by atoms with E-state index >= 15 is 0 Å². The predicted molar refractivity (Wildman–Crippen MR) is 78.4 cm³/mol. The van der Waals surface area contributed by atoms with Crippen molar-refractivity contribution in [2.24, 2.45) is 5.73 Å². The average Bonchev–Trinajstić information content (AvgIpc) is 2.80. The summed E-state index contributed by atoms with van der Waals surface area (Å²) in [5.41, 5.74) is 9.05. The van der Waals surface area contributed by atoms with Crippen molar-refractivity contribution in [3.63, 3.8) is 0 Å². The van der Waals surface area contributed by atoms with Gasteiger partial charge >= 0.3 is 0 Å². The van der Waals surface area contributed by atoms with E-state index in [4.69, 9.17) is 17.3 Å². The summed E-state index contributed by atoms with van der Waals surface area (Å²) in [5, 5.41) is 0.590. The molecule has 0 aliphatic carbocycles. The number of nitrogens with zero attached hydrogens (tertiary/aromatic N) is 2. The SMILES string of the molecule is NCCc1c(-c2ccc(F)cc2)nc2cccc(Cl)n12. The maximum Gasteiger partial charge on any atom is 0.138 e. The molecule has 0 amide bonds. The first-order valence-corrected chi connectivity index (χ1v) is 6.70. The molecule has 0 unspecified atom stereocenters. The largest absolute Gasteiger partial charge is 0.330 e. The molecule has 0 saturated carbocycles. The average molecular weight is 290 g/mol. The first kappa shape index (κ1) is 13.1. The summed E-state index contributed by atoms with van der Waals surface area (Å²) in [5.74, 6) is -0.268. The van der Waals surface area contributed by atoms with Gasteiger partial charge in [-0.25, -0.2) is 9.37 Å². The van der Waals surface area contributed by atoms with Crippen LogP contribution in [-0.4, -0.2) is 15.9 Å². The molecular formula is C15H13ClFN3. The number of nitrogens with two attached hydrogens (primary N) is 1. The minimum atomic E-state index is -0.268. The van der Waals surface area contributed by atoms with Gasteiger partial charge in [-0.2, -0.15) is 0 Å². The molecule has 1 aromatic carbocycles. The first-order chi connectivity index (χ1) is 9.70. The third kappa shape index (κ3) is 2.17. The number of fused-ring (bicyclic) bond motifs is 1. The quantitative estimate of drug-likeness (QED) is 0.752. The molecular weight excluding hydrogens is 277 g/mol. The highest BCUT2D eigenvalue weighted by Crippen LogP contribution is 2.27. The molecule has 5 heteroatoms. The van der Waals surface area contributed by atoms with Gasteiger partial charge in [0.05, 0.1) is 11.4 Å². The van der Waals surface area contributed by atoms with Crippen LogP contribution in [0.3, 0.4) is 0 Å². The lowest BCUT2D eigenvalue weighted by Crippen LogP contribution is -2.06. The first-order valence-electron chi connectivity index (χ1n) is 6.32. The molecule has 102 valence electrons. The van der Waals surface area contributed by atoms with Gasteiger partial charge in [0.2, 0.25) is 0 Å². The van der Waals surface area contributed by atoms with Crippen molar-refractivity contribution >= 4 is 17.2 Å². The summed E-state index contributed by atoms with van der Waals surface area (Å²) in [6.07, 6.45) is 0.650. The van der Waals surface area contributed by atoms with Gasteiger partial charge in [0.15, 0.2) is 0 Å². The Morgan fingerprint density at radius 3 is 2.60 bits per heavy atom. The standard InChI is InChI=1S/C15H13ClFN3/c16-13-2-1-3-14-19-15(12(8-9-18)20(13)14)10-4-6-11(17)7-5-10/h1-7H,8-9,18H2. The van der Waals surface area contributed by atoms with Gasteiger partial charge < -0.3 is 5.73 Å². The van der Waals surface area contributed by atoms with Crippen LogP contribution in [0, 0.1) is 5.82 Å². The van der Waals surface area contributed by atoms with Crippen LogP contribution in [0.4, 0.5) is 4.39 Å². The lowest BCUT2D eigenvalue weighted by Gasteiger charge is -2.05. The van der Waals surface area contributed by atoms with E-state index in [9.17, 15) is 4.39 Å². The van der Waals surface area contributed by atoms with Crippen LogP contribution in [0.2, 0.25) is 5.15 Å². The molecule has 3 aromatic rings. The van der Waals surface area contributed by atoms with Crippen molar-refractivity contribution in [1.29, 1.82) is 0 Å². The van der Waals surface area contributed by atoms with Crippen LogP contribution in [0.5, 0.6) is 0 Å². The van der Waals surface area contributed by atoms with E-state index in [-0.39, 0.29) is 5.82 Å². The van der Waals surface area contributed by atoms with E-state index in [0.29, 0.717) is 18.1 Å². The highest BCUT2D eigenvalue weighted by atomic mass is 35.5. The van der Waals surface area contributed by atoms with Crippen LogP contribution >= 0.6 is 11.6 Å². The molecule has 3 nitrogen and oxygen atoms in total. The zero-order valence-electron chi connectivity index (χ0n) is 10.7. The molecule has 2 N–H and O–H groups in total. The third-order valence-corrected chi connectivity index (χ3v) is 3.49. The molecule has 0 bridgehead atoms. The van der Waals surface area contributed by atoms with E-state index < -0.39 is 0 Å². The zero-order valence-corrected chi connectivity index (χ0v) is 11.4. The Bertz CT molecular complexity index is 750. The number of pyridine rings is 1. The Hall–Kier alpha value is -1.91. The van der Waals surface area contributed by atoms with E-state index in [1.807, 2.05) is 22.6 Å². The normalized spacial score (nSPS) is 11.2. The number of aromatic nitrogens is 2. The fourth-order valence-corrected chi connectivity index (χ4v) is 2.58. The molecule has 2 heterocycles. The number of hydrogen-bond donors (Lipinski definition) is 1. The number of imidazole rings is 1.